The predicted octanol–water partition coefficient (Wildman–Crippen LogP) is 0.308. The average molecular weight is 202 g/mol. The van der Waals surface area contributed by atoms with Crippen molar-refractivity contribution < 1.29 is 29.1 Å². The molecule has 1 fully saturated rings. The molecule has 6 nitrogen and oxygen atoms in total. The molecule has 0 saturated carbocycles. The molecular formula is C8H10O6. The van der Waals surface area contributed by atoms with Gasteiger partial charge in [-0.15, -0.1) is 0 Å². The monoisotopic (exact) mass is 202 g/mol. The maximum absolute atomic E-state index is 10.2. The molecule has 1 saturated heterocycles. The van der Waals surface area contributed by atoms with Crippen LogP contribution in [0, 0.1) is 0 Å². The number of hydrogen-bond acceptors (Lipinski definition) is 6. The molecule has 0 aliphatic carbocycles. The number of hydrogen-bond donors (Lipinski definition) is 0. The second kappa shape index (κ2) is 7.96. The summed E-state index contributed by atoms with van der Waals surface area (Å²) in [6.45, 7) is 8.13. The highest BCUT2D eigenvalue weighted by Crippen LogP contribution is 1.85. The summed E-state index contributed by atoms with van der Waals surface area (Å²) >= 11 is 0. The Labute approximate surface area is 80.6 Å². The van der Waals surface area contributed by atoms with Crippen LogP contribution in [-0.4, -0.2) is 25.2 Å². The van der Waals surface area contributed by atoms with Gasteiger partial charge in [0.15, 0.2) is 0 Å². The summed E-state index contributed by atoms with van der Waals surface area (Å²) in [5, 5.41) is 3.70. The first-order chi connectivity index (χ1) is 6.70. The van der Waals surface area contributed by atoms with Gasteiger partial charge in [-0.3, -0.25) is 9.78 Å². The molecule has 0 unspecified atom stereocenters. The van der Waals surface area contributed by atoms with E-state index in [0.29, 0.717) is 0 Å². The Bertz CT molecular complexity index is 197. The Kier molecular flexibility index (Phi) is 7.02. The lowest BCUT2D eigenvalue weighted by Crippen LogP contribution is -2.06. The average Bonchev–Trinajstić information content (AvgIpc) is 3.04. The van der Waals surface area contributed by atoms with Gasteiger partial charge in [-0.25, -0.2) is 9.59 Å². The Morgan fingerprint density at radius 2 is 1.43 bits per heavy atom. The van der Waals surface area contributed by atoms with Crippen LogP contribution in [0.2, 0.25) is 0 Å². The highest BCUT2D eigenvalue weighted by molar-refractivity contribution is 5.81. The third-order valence-electron chi connectivity index (χ3n) is 0.770. The minimum Gasteiger partial charge on any atom is -0.377 e. The van der Waals surface area contributed by atoms with Gasteiger partial charge in [-0.05, 0) is 0 Å². The number of ether oxygens (including phenoxy) is 1. The van der Waals surface area contributed by atoms with Crippen LogP contribution in [0.1, 0.15) is 0 Å². The maximum atomic E-state index is 10.2. The van der Waals surface area contributed by atoms with E-state index in [1.807, 2.05) is 0 Å². The number of rotatable bonds is 4. The van der Waals surface area contributed by atoms with Gasteiger partial charge in [0, 0.05) is 17.2 Å². The predicted molar refractivity (Wildman–Crippen MR) is 44.5 cm³/mol. The lowest BCUT2D eigenvalue weighted by Gasteiger charge is -1.95. The molecule has 0 N–H and O–H groups in total. The fraction of sp³-hybridized carbons (Fsp3) is 0.250. The third-order valence-corrected chi connectivity index (χ3v) is 0.770. The number of carbonyl (C=O) groups excluding carboxylic acids is 2. The summed E-state index contributed by atoms with van der Waals surface area (Å²) < 4.78 is 4.50. The summed E-state index contributed by atoms with van der Waals surface area (Å²) in [7, 11) is 0. The van der Waals surface area contributed by atoms with E-state index in [4.69, 9.17) is 0 Å². The van der Waals surface area contributed by atoms with Crippen molar-refractivity contribution in [3.05, 3.63) is 25.3 Å². The first-order valence-corrected chi connectivity index (χ1v) is 3.62. The van der Waals surface area contributed by atoms with Crippen LogP contribution in [0.15, 0.2) is 25.3 Å². The van der Waals surface area contributed by atoms with Crippen LogP contribution >= 0.6 is 0 Å². The first kappa shape index (κ1) is 12.3. The Morgan fingerprint density at radius 1 is 1.07 bits per heavy atom. The zero-order chi connectivity index (χ0) is 10.8. The highest BCUT2D eigenvalue weighted by atomic mass is 17.5. The summed E-state index contributed by atoms with van der Waals surface area (Å²) in [4.78, 5) is 28.0. The summed E-state index contributed by atoms with van der Waals surface area (Å²) in [5.74, 6) is -1.72. The summed E-state index contributed by atoms with van der Waals surface area (Å²) in [6, 6.07) is 0. The van der Waals surface area contributed by atoms with Crippen molar-refractivity contribution in [2.45, 2.75) is 0 Å². The SMILES string of the molecule is C1CO1.C=CC(=O)OOOC(=O)C=C. The van der Waals surface area contributed by atoms with Crippen LogP contribution in [0.4, 0.5) is 0 Å². The third kappa shape index (κ3) is 10.3. The van der Waals surface area contributed by atoms with Crippen LogP contribution in [0.5, 0.6) is 0 Å². The van der Waals surface area contributed by atoms with Gasteiger partial charge in [0.1, 0.15) is 0 Å². The molecule has 0 spiro atoms. The van der Waals surface area contributed by atoms with Crippen LogP contribution in [0.25, 0.3) is 0 Å². The Morgan fingerprint density at radius 3 is 1.64 bits per heavy atom. The minimum atomic E-state index is -0.859. The van der Waals surface area contributed by atoms with Crippen LogP contribution in [0.3, 0.4) is 0 Å². The molecule has 1 aliphatic rings. The van der Waals surface area contributed by atoms with E-state index in [1.165, 1.54) is 0 Å². The molecule has 0 amide bonds. The number of carbonyl (C=O) groups is 2. The fourth-order valence-corrected chi connectivity index (χ4v) is 0.152. The lowest BCUT2D eigenvalue weighted by atomic mass is 10.7. The van der Waals surface area contributed by atoms with Crippen LogP contribution in [-0.2, 0) is 29.1 Å². The zero-order valence-electron chi connectivity index (χ0n) is 7.43. The van der Waals surface area contributed by atoms with E-state index in [1.54, 1.807) is 0 Å². The van der Waals surface area contributed by atoms with Gasteiger partial charge in [0.2, 0.25) is 0 Å². The quantitative estimate of drug-likeness (QED) is 0.282. The highest BCUT2D eigenvalue weighted by Gasteiger charge is 2.00. The molecule has 14 heavy (non-hydrogen) atoms. The van der Waals surface area contributed by atoms with E-state index >= 15 is 0 Å². The van der Waals surface area contributed by atoms with E-state index in [2.05, 4.69) is 32.7 Å². The smallest absolute Gasteiger partial charge is 0.369 e. The topological polar surface area (TPSA) is 74.4 Å². The molecule has 1 rings (SSSR count). The first-order valence-electron chi connectivity index (χ1n) is 3.62. The molecule has 1 aliphatic heterocycles. The molecule has 0 aromatic rings. The molecule has 6 heteroatoms. The summed E-state index contributed by atoms with van der Waals surface area (Å²) in [6.07, 6.45) is 1.70. The normalized spacial score (nSPS) is 11.4. The van der Waals surface area contributed by atoms with Crippen molar-refractivity contribution in [3.8, 4) is 0 Å². The van der Waals surface area contributed by atoms with Gasteiger partial charge in [0.25, 0.3) is 0 Å². The fourth-order valence-electron chi connectivity index (χ4n) is 0.152. The summed E-state index contributed by atoms with van der Waals surface area (Å²) in [5.41, 5.74) is 0. The number of epoxide rings is 1. The van der Waals surface area contributed by atoms with Crippen molar-refractivity contribution in [2.75, 3.05) is 13.2 Å². The van der Waals surface area contributed by atoms with Crippen molar-refractivity contribution in [2.24, 2.45) is 0 Å². The van der Waals surface area contributed by atoms with Gasteiger partial charge in [-0.2, -0.15) is 0 Å². The molecular weight excluding hydrogens is 192 g/mol. The maximum Gasteiger partial charge on any atom is 0.369 e. The molecule has 0 bridgehead atoms. The minimum absolute atomic E-state index is 0.849. The standard InChI is InChI=1S/C6H6O5.C2H4O/c1-3-5(7)9-11-10-6(8)4-2;1-2-3-1/h3-4H,1-2H2;1-2H2. The molecule has 0 radical (unpaired) electrons. The molecule has 78 valence electrons. The van der Waals surface area contributed by atoms with Gasteiger partial charge in [0.05, 0.1) is 13.2 Å². The van der Waals surface area contributed by atoms with Crippen molar-refractivity contribution in [1.29, 1.82) is 0 Å². The second-order valence-electron chi connectivity index (χ2n) is 1.89. The molecule has 0 atom stereocenters. The van der Waals surface area contributed by atoms with Gasteiger partial charge in [-0.1, -0.05) is 13.2 Å². The molecule has 0 aromatic heterocycles. The largest absolute Gasteiger partial charge is 0.377 e. The van der Waals surface area contributed by atoms with Crippen molar-refractivity contribution in [1.82, 2.24) is 0 Å². The van der Waals surface area contributed by atoms with E-state index in [-0.39, 0.29) is 0 Å². The Hall–Kier alpha value is -1.66. The van der Waals surface area contributed by atoms with Gasteiger partial charge >= 0.3 is 11.9 Å². The zero-order valence-corrected chi connectivity index (χ0v) is 7.43. The molecule has 0 aromatic carbocycles. The van der Waals surface area contributed by atoms with E-state index in [0.717, 1.165) is 25.4 Å². The molecule has 1 heterocycles. The van der Waals surface area contributed by atoms with Crippen molar-refractivity contribution in [3.63, 3.8) is 0 Å². The van der Waals surface area contributed by atoms with E-state index < -0.39 is 11.9 Å². The van der Waals surface area contributed by atoms with Crippen LogP contribution < -0.4 is 0 Å². The second-order valence-corrected chi connectivity index (χ2v) is 1.89. The Balaban J connectivity index is 0.000000469. The van der Waals surface area contributed by atoms with Crippen molar-refractivity contribution >= 4 is 11.9 Å². The van der Waals surface area contributed by atoms with E-state index in [9.17, 15) is 9.59 Å². The van der Waals surface area contributed by atoms with Gasteiger partial charge < -0.3 is 4.74 Å². The lowest BCUT2D eigenvalue weighted by molar-refractivity contribution is -0.455.